The number of hydrogen-bond donors (Lipinski definition) is 1. The standard InChI is InChI=1S/C21H20N4O2/c1-14-12-15-6-3-4-9-18(15)25(14)19-10-11-22-21(24-19)23-17-8-5-7-16(13-17)20(26)27-2/h3-11,13-14H,12H2,1-2H3,(H,22,23,24). The van der Waals surface area contributed by atoms with E-state index >= 15 is 0 Å². The van der Waals surface area contributed by atoms with Crippen LogP contribution in [-0.4, -0.2) is 29.1 Å². The molecule has 136 valence electrons. The molecule has 2 heterocycles. The number of methoxy groups -OCH3 is 1. The van der Waals surface area contributed by atoms with Crippen molar-refractivity contribution in [1.29, 1.82) is 0 Å². The second-order valence-electron chi connectivity index (χ2n) is 6.49. The van der Waals surface area contributed by atoms with Crippen LogP contribution in [0.5, 0.6) is 0 Å². The first-order valence-corrected chi connectivity index (χ1v) is 8.81. The van der Waals surface area contributed by atoms with Gasteiger partial charge < -0.3 is 15.0 Å². The predicted molar refractivity (Wildman–Crippen MR) is 105 cm³/mol. The van der Waals surface area contributed by atoms with Gasteiger partial charge in [-0.1, -0.05) is 24.3 Å². The average Bonchev–Trinajstić information content (AvgIpc) is 3.03. The second-order valence-corrected chi connectivity index (χ2v) is 6.49. The van der Waals surface area contributed by atoms with E-state index in [0.29, 0.717) is 17.6 Å². The van der Waals surface area contributed by atoms with Crippen molar-refractivity contribution >= 4 is 29.1 Å². The van der Waals surface area contributed by atoms with Crippen molar-refractivity contribution in [2.45, 2.75) is 19.4 Å². The maximum absolute atomic E-state index is 11.7. The van der Waals surface area contributed by atoms with Crippen molar-refractivity contribution in [3.63, 3.8) is 0 Å². The second kappa shape index (κ2) is 7.07. The molecule has 0 spiro atoms. The first-order chi connectivity index (χ1) is 13.2. The number of esters is 1. The van der Waals surface area contributed by atoms with Crippen LogP contribution in [0.15, 0.2) is 60.8 Å². The van der Waals surface area contributed by atoms with Gasteiger partial charge in [0.25, 0.3) is 0 Å². The van der Waals surface area contributed by atoms with E-state index in [0.717, 1.165) is 17.9 Å². The maximum Gasteiger partial charge on any atom is 0.337 e. The summed E-state index contributed by atoms with van der Waals surface area (Å²) < 4.78 is 4.77. The van der Waals surface area contributed by atoms with E-state index in [4.69, 9.17) is 4.74 Å². The molecule has 1 aliphatic heterocycles. The molecule has 1 aliphatic rings. The van der Waals surface area contributed by atoms with Crippen LogP contribution >= 0.6 is 0 Å². The van der Waals surface area contributed by atoms with Crippen molar-refractivity contribution in [3.8, 4) is 0 Å². The van der Waals surface area contributed by atoms with Crippen molar-refractivity contribution in [2.24, 2.45) is 0 Å². The summed E-state index contributed by atoms with van der Waals surface area (Å²) in [6.45, 7) is 2.19. The largest absolute Gasteiger partial charge is 0.465 e. The fourth-order valence-corrected chi connectivity index (χ4v) is 3.43. The monoisotopic (exact) mass is 360 g/mol. The van der Waals surface area contributed by atoms with Gasteiger partial charge in [-0.2, -0.15) is 4.98 Å². The fraction of sp³-hybridized carbons (Fsp3) is 0.190. The Morgan fingerprint density at radius 3 is 2.89 bits per heavy atom. The highest BCUT2D eigenvalue weighted by Crippen LogP contribution is 2.37. The van der Waals surface area contributed by atoms with Crippen LogP contribution in [0, 0.1) is 0 Å². The van der Waals surface area contributed by atoms with E-state index in [2.05, 4.69) is 45.3 Å². The number of rotatable bonds is 4. The summed E-state index contributed by atoms with van der Waals surface area (Å²) in [6, 6.07) is 17.7. The molecule has 3 aromatic rings. The van der Waals surface area contributed by atoms with Crippen LogP contribution in [0.1, 0.15) is 22.8 Å². The van der Waals surface area contributed by atoms with Gasteiger partial charge in [-0.3, -0.25) is 0 Å². The third-order valence-corrected chi connectivity index (χ3v) is 4.63. The minimum Gasteiger partial charge on any atom is -0.465 e. The molecule has 1 aromatic heterocycles. The van der Waals surface area contributed by atoms with Crippen LogP contribution in [0.3, 0.4) is 0 Å². The highest BCUT2D eigenvalue weighted by atomic mass is 16.5. The summed E-state index contributed by atoms with van der Waals surface area (Å²) in [7, 11) is 1.37. The van der Waals surface area contributed by atoms with Crippen LogP contribution in [0.2, 0.25) is 0 Å². The van der Waals surface area contributed by atoms with Crippen molar-refractivity contribution in [3.05, 3.63) is 71.9 Å². The zero-order valence-electron chi connectivity index (χ0n) is 15.2. The lowest BCUT2D eigenvalue weighted by Gasteiger charge is -2.24. The Bertz CT molecular complexity index is 989. The van der Waals surface area contributed by atoms with Gasteiger partial charge >= 0.3 is 5.97 Å². The lowest BCUT2D eigenvalue weighted by molar-refractivity contribution is 0.0601. The number of ether oxygens (including phenoxy) is 1. The Morgan fingerprint density at radius 1 is 1.19 bits per heavy atom. The SMILES string of the molecule is COC(=O)c1cccc(Nc2nccc(N3c4ccccc4CC3C)n2)c1. The van der Waals surface area contributed by atoms with Gasteiger partial charge in [0.05, 0.1) is 12.7 Å². The van der Waals surface area contributed by atoms with Gasteiger partial charge in [-0.05, 0) is 49.2 Å². The summed E-state index contributed by atoms with van der Waals surface area (Å²) in [4.78, 5) is 22.9. The Morgan fingerprint density at radius 2 is 2.04 bits per heavy atom. The Hall–Kier alpha value is -3.41. The smallest absolute Gasteiger partial charge is 0.337 e. The molecular formula is C21H20N4O2. The number of anilines is 4. The lowest BCUT2D eigenvalue weighted by atomic mass is 10.1. The number of nitrogens with one attached hydrogen (secondary N) is 1. The number of fused-ring (bicyclic) bond motifs is 1. The Balaban J connectivity index is 1.62. The summed E-state index contributed by atoms with van der Waals surface area (Å²) in [6.07, 6.45) is 2.73. The van der Waals surface area contributed by atoms with E-state index in [-0.39, 0.29) is 5.97 Å². The first kappa shape index (κ1) is 17.0. The van der Waals surface area contributed by atoms with E-state index in [1.54, 1.807) is 24.4 Å². The Labute approximate surface area is 157 Å². The molecule has 1 atom stereocenters. The quantitative estimate of drug-likeness (QED) is 0.707. The summed E-state index contributed by atoms with van der Waals surface area (Å²) >= 11 is 0. The molecule has 1 unspecified atom stereocenters. The van der Waals surface area contributed by atoms with Gasteiger partial charge in [0.15, 0.2) is 0 Å². The van der Waals surface area contributed by atoms with Gasteiger partial charge in [-0.15, -0.1) is 0 Å². The number of hydrogen-bond acceptors (Lipinski definition) is 6. The molecule has 0 radical (unpaired) electrons. The van der Waals surface area contributed by atoms with Crippen LogP contribution in [0.4, 0.5) is 23.1 Å². The highest BCUT2D eigenvalue weighted by Gasteiger charge is 2.27. The van der Waals surface area contributed by atoms with E-state index < -0.39 is 0 Å². The van der Waals surface area contributed by atoms with Crippen molar-refractivity contribution in [1.82, 2.24) is 9.97 Å². The van der Waals surface area contributed by atoms with Gasteiger partial charge in [0.1, 0.15) is 5.82 Å². The number of benzene rings is 2. The molecule has 0 amide bonds. The molecule has 0 bridgehead atoms. The molecule has 4 rings (SSSR count). The third-order valence-electron chi connectivity index (χ3n) is 4.63. The van der Waals surface area contributed by atoms with E-state index in [9.17, 15) is 4.79 Å². The van der Waals surface area contributed by atoms with Crippen LogP contribution < -0.4 is 10.2 Å². The van der Waals surface area contributed by atoms with Crippen molar-refractivity contribution in [2.75, 3.05) is 17.3 Å². The summed E-state index contributed by atoms with van der Waals surface area (Å²) in [5, 5.41) is 3.17. The number of carbonyl (C=O) groups is 1. The van der Waals surface area contributed by atoms with E-state index in [1.165, 1.54) is 18.4 Å². The number of carbonyl (C=O) groups excluding carboxylic acids is 1. The van der Waals surface area contributed by atoms with Gasteiger partial charge in [0, 0.05) is 23.6 Å². The average molecular weight is 360 g/mol. The minimum absolute atomic E-state index is 0.327. The lowest BCUT2D eigenvalue weighted by Crippen LogP contribution is -2.25. The predicted octanol–water partition coefficient (Wildman–Crippen LogP) is 4.09. The normalized spacial score (nSPS) is 15.3. The number of nitrogens with zero attached hydrogens (tertiary/aromatic N) is 3. The molecule has 0 saturated heterocycles. The molecule has 0 saturated carbocycles. The molecule has 2 aromatic carbocycles. The third kappa shape index (κ3) is 3.33. The Kier molecular flexibility index (Phi) is 4.46. The molecule has 1 N–H and O–H groups in total. The summed E-state index contributed by atoms with van der Waals surface area (Å²) in [5.41, 5.74) is 3.71. The zero-order valence-corrected chi connectivity index (χ0v) is 15.2. The van der Waals surface area contributed by atoms with Gasteiger partial charge in [0.2, 0.25) is 5.95 Å². The summed E-state index contributed by atoms with van der Waals surface area (Å²) in [5.74, 6) is 0.941. The molecule has 0 fully saturated rings. The molecule has 0 aliphatic carbocycles. The maximum atomic E-state index is 11.7. The minimum atomic E-state index is -0.379. The molecular weight excluding hydrogens is 340 g/mol. The van der Waals surface area contributed by atoms with Crippen LogP contribution in [-0.2, 0) is 11.2 Å². The number of para-hydroxylation sites is 1. The van der Waals surface area contributed by atoms with E-state index in [1.807, 2.05) is 18.2 Å². The van der Waals surface area contributed by atoms with Gasteiger partial charge in [-0.25, -0.2) is 9.78 Å². The fourth-order valence-electron chi connectivity index (χ4n) is 3.43. The molecule has 6 nitrogen and oxygen atoms in total. The molecule has 27 heavy (non-hydrogen) atoms. The topological polar surface area (TPSA) is 67.3 Å². The molecule has 6 heteroatoms. The van der Waals surface area contributed by atoms with Crippen LogP contribution in [0.25, 0.3) is 0 Å². The number of aromatic nitrogens is 2. The zero-order chi connectivity index (χ0) is 18.8. The first-order valence-electron chi connectivity index (χ1n) is 8.81. The highest BCUT2D eigenvalue weighted by molar-refractivity contribution is 5.90. The van der Waals surface area contributed by atoms with Crippen molar-refractivity contribution < 1.29 is 9.53 Å².